The van der Waals surface area contributed by atoms with Gasteiger partial charge in [-0.1, -0.05) is 0 Å². The average molecular weight is 498 g/mol. The monoisotopic (exact) mass is 497 g/mol. The summed E-state index contributed by atoms with van der Waals surface area (Å²) in [6.07, 6.45) is 0.697. The number of carbonyl (C=O) groups is 1. The third kappa shape index (κ3) is 5.01. The number of aliphatic imine (C=N–C) groups is 1. The fourth-order valence-electron chi connectivity index (χ4n) is 2.52. The van der Waals surface area contributed by atoms with Gasteiger partial charge in [0.05, 0.1) is 0 Å². The molecule has 0 spiro atoms. The Hall–Kier alpha value is -2.06. The summed E-state index contributed by atoms with van der Waals surface area (Å²) in [5, 5.41) is 3.62. The Labute approximate surface area is 173 Å². The first kappa shape index (κ1) is 19.7. The molecule has 0 atom stereocenters. The maximum absolute atomic E-state index is 12.4. The van der Waals surface area contributed by atoms with Gasteiger partial charge in [-0.25, -0.2) is 0 Å². The predicted octanol–water partition coefficient (Wildman–Crippen LogP) is 0.407. The number of nitrogens with zero attached hydrogens (tertiary/aromatic N) is 1. The number of hydrogen-bond acceptors (Lipinski definition) is 4. The van der Waals surface area contributed by atoms with Gasteiger partial charge >= 0.3 is 174 Å². The number of carbonyl (C=O) groups excluding carboxylic acids is 1. The van der Waals surface area contributed by atoms with Crippen LogP contribution < -0.4 is 36.0 Å². The van der Waals surface area contributed by atoms with Gasteiger partial charge in [-0.3, -0.25) is 0 Å². The fourth-order valence-corrected chi connectivity index (χ4v) is 4.78. The summed E-state index contributed by atoms with van der Waals surface area (Å²) >= 11 is 5.51. The van der Waals surface area contributed by atoms with Gasteiger partial charge in [0, 0.05) is 0 Å². The van der Waals surface area contributed by atoms with Gasteiger partial charge in [0.25, 0.3) is 0 Å². The first-order chi connectivity index (χ1) is 13.1. The van der Waals surface area contributed by atoms with Gasteiger partial charge in [0.2, 0.25) is 0 Å². The minimum absolute atomic E-state index is 0.140. The quantitative estimate of drug-likeness (QED) is 0.564. The number of nitrogens with one attached hydrogen (secondary N) is 1. The molecular weight excluding hydrogens is 479 g/mol. The second kappa shape index (κ2) is 9.23. The van der Waals surface area contributed by atoms with E-state index in [0.29, 0.717) is 35.2 Å². The minimum atomic E-state index is -0.406. The topological polar surface area (TPSA) is 59.9 Å². The molecule has 27 heavy (non-hydrogen) atoms. The number of amides is 1. The average Bonchev–Trinajstić information content (AvgIpc) is 3.18. The molecule has 0 saturated heterocycles. The summed E-state index contributed by atoms with van der Waals surface area (Å²) < 4.78 is 13.5. The van der Waals surface area contributed by atoms with E-state index < -0.39 is 21.2 Å². The standard InChI is InChI=1S/C20H19ClIN2O3/c1-26-17-8-3-13(11-18(17)27-2)9-10-23-20(25)16-12-22-19(24-16)14-4-6-15(21)7-5-14/h3-8,11-12H,9-10H2,1-2H3,(H,23,25)/q-1. The molecule has 0 bridgehead atoms. The molecule has 1 aliphatic rings. The van der Waals surface area contributed by atoms with Crippen LogP contribution in [0.5, 0.6) is 11.5 Å². The Bertz CT molecular complexity index is 895. The molecule has 7 heteroatoms. The van der Waals surface area contributed by atoms with E-state index in [-0.39, 0.29) is 5.91 Å². The second-order valence-corrected chi connectivity index (χ2v) is 8.41. The zero-order valence-corrected chi connectivity index (χ0v) is 17.9. The van der Waals surface area contributed by atoms with Crippen molar-refractivity contribution < 1.29 is 35.5 Å². The summed E-state index contributed by atoms with van der Waals surface area (Å²) in [5.41, 5.74) is 2.59. The van der Waals surface area contributed by atoms with Gasteiger partial charge in [-0.2, -0.15) is 0 Å². The molecular formula is C20H19ClIN2O3-. The molecule has 2 aromatic rings. The third-order valence-electron chi connectivity index (χ3n) is 3.94. The number of halogens is 2. The van der Waals surface area contributed by atoms with E-state index in [1.165, 1.54) is 0 Å². The molecule has 1 N–H and O–H groups in total. The van der Waals surface area contributed by atoms with E-state index in [1.807, 2.05) is 46.5 Å². The summed E-state index contributed by atoms with van der Waals surface area (Å²) in [6, 6.07) is 13.3. The van der Waals surface area contributed by atoms with Crippen LogP contribution in [0.25, 0.3) is 0 Å². The van der Waals surface area contributed by atoms with Crippen LogP contribution in [0.2, 0.25) is 5.02 Å². The number of hydrogen-bond donors (Lipinski definition) is 1. The van der Waals surface area contributed by atoms with Crippen molar-refractivity contribution in [2.45, 2.75) is 6.42 Å². The van der Waals surface area contributed by atoms with Crippen molar-refractivity contribution in [3.63, 3.8) is 0 Å². The van der Waals surface area contributed by atoms with Crippen molar-refractivity contribution in [1.82, 2.24) is 5.32 Å². The van der Waals surface area contributed by atoms with Crippen molar-refractivity contribution >= 4 is 21.2 Å². The van der Waals surface area contributed by atoms with E-state index >= 15 is 0 Å². The zero-order chi connectivity index (χ0) is 19.2. The van der Waals surface area contributed by atoms with E-state index in [4.69, 9.17) is 21.1 Å². The molecule has 0 radical (unpaired) electrons. The molecule has 1 amide bonds. The summed E-state index contributed by atoms with van der Waals surface area (Å²) in [5.74, 6) is 1.23. The van der Waals surface area contributed by atoms with Crippen molar-refractivity contribution in [1.29, 1.82) is 0 Å². The van der Waals surface area contributed by atoms with Crippen molar-refractivity contribution in [2.24, 2.45) is 4.99 Å². The van der Waals surface area contributed by atoms with Gasteiger partial charge in [0.15, 0.2) is 0 Å². The summed E-state index contributed by atoms with van der Waals surface area (Å²) in [4.78, 5) is 16.9. The molecule has 0 fully saturated rings. The maximum atomic E-state index is 12.4. The Balaban J connectivity index is 1.55. The van der Waals surface area contributed by atoms with Gasteiger partial charge in [-0.05, 0) is 0 Å². The van der Waals surface area contributed by atoms with Crippen LogP contribution in [-0.4, -0.2) is 30.4 Å². The molecule has 0 aliphatic carbocycles. The fraction of sp³-hybridized carbons (Fsp3) is 0.200. The van der Waals surface area contributed by atoms with Crippen LogP contribution in [0.1, 0.15) is 11.1 Å². The van der Waals surface area contributed by atoms with Crippen LogP contribution in [0.15, 0.2) is 57.2 Å². The number of rotatable bonds is 7. The van der Waals surface area contributed by atoms with Crippen molar-refractivity contribution in [3.05, 3.63) is 68.4 Å². The van der Waals surface area contributed by atoms with Crippen LogP contribution in [-0.2, 0) is 11.2 Å². The molecule has 1 aliphatic heterocycles. The van der Waals surface area contributed by atoms with Crippen molar-refractivity contribution in [2.75, 3.05) is 20.8 Å². The normalized spacial score (nSPS) is 13.3. The van der Waals surface area contributed by atoms with Crippen LogP contribution >= 0.6 is 11.6 Å². The number of methoxy groups -OCH3 is 2. The summed E-state index contributed by atoms with van der Waals surface area (Å²) in [7, 11) is 3.21. The zero-order valence-electron chi connectivity index (χ0n) is 15.0. The van der Waals surface area contributed by atoms with E-state index in [2.05, 4.69) is 10.3 Å². The van der Waals surface area contributed by atoms with E-state index in [0.717, 1.165) is 14.8 Å². The number of ether oxygens (including phenoxy) is 2. The Morgan fingerprint density at radius 2 is 1.85 bits per heavy atom. The SMILES string of the molecule is COc1ccc(CCNC(=O)C2=C[I-]C(c3ccc(Cl)cc3)=N2)cc1OC. The Morgan fingerprint density at radius 1 is 1.11 bits per heavy atom. The third-order valence-corrected chi connectivity index (χ3v) is 6.55. The molecule has 142 valence electrons. The molecule has 0 unspecified atom stereocenters. The van der Waals surface area contributed by atoms with E-state index in [1.54, 1.807) is 14.2 Å². The van der Waals surface area contributed by atoms with Crippen LogP contribution in [0.3, 0.4) is 0 Å². The van der Waals surface area contributed by atoms with Gasteiger partial charge < -0.3 is 0 Å². The van der Waals surface area contributed by atoms with Gasteiger partial charge in [0.1, 0.15) is 0 Å². The second-order valence-electron chi connectivity index (χ2n) is 5.71. The molecule has 2 aromatic carbocycles. The Morgan fingerprint density at radius 3 is 2.56 bits per heavy atom. The van der Waals surface area contributed by atoms with Crippen LogP contribution in [0, 0.1) is 0 Å². The first-order valence-corrected chi connectivity index (χ1v) is 11.0. The number of benzene rings is 2. The predicted molar refractivity (Wildman–Crippen MR) is 102 cm³/mol. The summed E-state index contributed by atoms with van der Waals surface area (Å²) in [6.45, 7) is 0.524. The van der Waals surface area contributed by atoms with E-state index in [9.17, 15) is 4.79 Å². The van der Waals surface area contributed by atoms with Gasteiger partial charge in [-0.15, -0.1) is 0 Å². The molecule has 0 saturated carbocycles. The van der Waals surface area contributed by atoms with Crippen LogP contribution in [0.4, 0.5) is 0 Å². The molecule has 5 nitrogen and oxygen atoms in total. The first-order valence-electron chi connectivity index (χ1n) is 8.28. The molecule has 1 heterocycles. The Kier molecular flexibility index (Phi) is 6.73. The molecule has 3 rings (SSSR count). The van der Waals surface area contributed by atoms with Crippen molar-refractivity contribution in [3.8, 4) is 11.5 Å². The molecule has 0 aromatic heterocycles.